The van der Waals surface area contributed by atoms with Gasteiger partial charge in [-0.1, -0.05) is 150 Å². The molecule has 0 aliphatic heterocycles. The van der Waals surface area contributed by atoms with Crippen molar-refractivity contribution in [1.29, 1.82) is 0 Å². The van der Waals surface area contributed by atoms with Crippen LogP contribution >= 0.6 is 0 Å². The highest BCUT2D eigenvalue weighted by Crippen LogP contribution is 2.44. The second kappa shape index (κ2) is 24.3. The largest absolute Gasteiger partial charge is 0.437 e. The van der Waals surface area contributed by atoms with Gasteiger partial charge in [0.25, 0.3) is 5.82 Å². The standard InChI is InChI=1S/C21H18N3O.3C21H16N3O/c1-13-8-9-16-18-15-7-5-4-6-14(15)12-22-20(18)25-19(16)17(13)21-23(2)10-11-24(21)3;1-13-8-9-16-18-15-7-4-3-6-14(15)12-23-21(18)25-19(16)17(13)20-22-10-5-11-24(20)2;1-13-9-10-16-19-15-7-4-3-6-14(15)12-22-21(19)25-20(16)18(13)17-8-5-11-23-24(17)2;1-13-7-8-16-19-15-6-4-3-5-14(15)11-23-21(19)25-20(16)18(13)17-12-22-9-10-24(17)2/h4-12H,1-3H3;3*3-12H,1-2H3/q4*+1. The lowest BCUT2D eigenvalue weighted by atomic mass is 10.00. The van der Waals surface area contributed by atoms with E-state index in [-0.39, 0.29) is 0 Å². The fourth-order valence-corrected chi connectivity index (χ4v) is 14.4. The zero-order valence-electron chi connectivity index (χ0n) is 56.5. The first kappa shape index (κ1) is 60.7. The van der Waals surface area contributed by atoms with Crippen molar-refractivity contribution in [3.05, 3.63) is 260 Å². The first-order valence-corrected chi connectivity index (χ1v) is 33.1. The van der Waals surface area contributed by atoms with Gasteiger partial charge in [-0.3, -0.25) is 4.98 Å². The predicted octanol–water partition coefficient (Wildman–Crippen LogP) is 17.3. The molecule has 0 radical (unpaired) electrons. The maximum Gasteiger partial charge on any atom is 0.334 e. The molecule has 12 heterocycles. The predicted molar refractivity (Wildman–Crippen MR) is 394 cm³/mol. The second-order valence-electron chi connectivity index (χ2n) is 25.5. The van der Waals surface area contributed by atoms with Crippen molar-refractivity contribution in [1.82, 2.24) is 39.6 Å². The van der Waals surface area contributed by atoms with Crippen molar-refractivity contribution in [3.63, 3.8) is 0 Å². The third-order valence-electron chi connectivity index (χ3n) is 19.3. The number of nitrogens with zero attached hydrogens (tertiary/aromatic N) is 12. The molecular weight excluding hydrogens is 1240 g/mol. The van der Waals surface area contributed by atoms with E-state index in [0.29, 0.717) is 22.9 Å². The van der Waals surface area contributed by atoms with Crippen LogP contribution in [-0.2, 0) is 35.2 Å². The molecule has 16 heteroatoms. The molecule has 100 heavy (non-hydrogen) atoms. The molecule has 0 aliphatic rings. The first-order valence-electron chi connectivity index (χ1n) is 33.1. The summed E-state index contributed by atoms with van der Waals surface area (Å²) in [5.41, 5.74) is 17.1. The van der Waals surface area contributed by atoms with E-state index in [1.165, 1.54) is 10.9 Å². The fraction of sp³-hybridized carbons (Fsp3) is 0.107. The molecule has 0 aliphatic carbocycles. The summed E-state index contributed by atoms with van der Waals surface area (Å²) in [4.78, 5) is 27.1. The molecular formula is C84H66N12O4+4. The zero-order chi connectivity index (χ0) is 68.0. The zero-order valence-corrected chi connectivity index (χ0v) is 56.5. The van der Waals surface area contributed by atoms with Crippen LogP contribution in [0.4, 0.5) is 0 Å². The average molecular weight is 1310 g/mol. The number of hydrogen-bond acceptors (Lipinski definition) is 11. The van der Waals surface area contributed by atoms with Gasteiger partial charge in [-0.05, 0) is 87.6 Å². The molecule has 20 aromatic rings. The van der Waals surface area contributed by atoms with Crippen LogP contribution in [0.3, 0.4) is 0 Å². The van der Waals surface area contributed by atoms with Gasteiger partial charge in [0.05, 0.1) is 78.6 Å². The van der Waals surface area contributed by atoms with Crippen LogP contribution < -0.4 is 18.4 Å². The first-order chi connectivity index (χ1) is 48.9. The van der Waals surface area contributed by atoms with E-state index in [1.54, 1.807) is 12.4 Å². The molecule has 0 unspecified atom stereocenters. The van der Waals surface area contributed by atoms with Crippen LogP contribution in [0.25, 0.3) is 177 Å². The monoisotopic (exact) mass is 1310 g/mol. The van der Waals surface area contributed by atoms with Crippen molar-refractivity contribution in [2.75, 3.05) is 0 Å². The Kier molecular flexibility index (Phi) is 14.7. The summed E-state index contributed by atoms with van der Waals surface area (Å²) in [6.07, 6.45) is 22.8. The minimum atomic E-state index is 0.666. The van der Waals surface area contributed by atoms with Gasteiger partial charge in [0.2, 0.25) is 34.2 Å². The number of hydrogen-bond donors (Lipinski definition) is 0. The third-order valence-corrected chi connectivity index (χ3v) is 19.3. The van der Waals surface area contributed by atoms with Gasteiger partial charge in [0.1, 0.15) is 36.8 Å². The molecule has 0 fully saturated rings. The van der Waals surface area contributed by atoms with Crippen molar-refractivity contribution in [2.45, 2.75) is 27.7 Å². The molecule has 8 aromatic carbocycles. The van der Waals surface area contributed by atoms with Crippen LogP contribution in [0.15, 0.2) is 256 Å². The minimum Gasteiger partial charge on any atom is -0.437 e. The van der Waals surface area contributed by atoms with Gasteiger partial charge in [-0.15, -0.1) is 0 Å². The van der Waals surface area contributed by atoms with Crippen LogP contribution in [-0.4, -0.2) is 39.6 Å². The molecule has 12 aromatic heterocycles. The van der Waals surface area contributed by atoms with E-state index in [1.807, 2.05) is 116 Å². The highest BCUT2D eigenvalue weighted by atomic mass is 16.4. The number of furan rings is 4. The van der Waals surface area contributed by atoms with E-state index in [4.69, 9.17) is 17.7 Å². The van der Waals surface area contributed by atoms with Crippen molar-refractivity contribution in [2.24, 2.45) is 35.2 Å². The third kappa shape index (κ3) is 10.0. The Labute approximate surface area is 572 Å². The summed E-state index contributed by atoms with van der Waals surface area (Å²) in [6, 6.07) is 56.2. The number of pyridine rings is 4. The Balaban J connectivity index is 0.0000000997. The summed E-state index contributed by atoms with van der Waals surface area (Å²) in [5.74, 6) is 2.00. The van der Waals surface area contributed by atoms with E-state index in [2.05, 4.69) is 230 Å². The van der Waals surface area contributed by atoms with E-state index in [9.17, 15) is 0 Å². The lowest BCUT2D eigenvalue weighted by molar-refractivity contribution is -0.720. The highest BCUT2D eigenvalue weighted by Gasteiger charge is 2.28. The van der Waals surface area contributed by atoms with E-state index in [0.717, 1.165) is 165 Å². The molecule has 0 saturated carbocycles. The van der Waals surface area contributed by atoms with Crippen molar-refractivity contribution < 1.29 is 36.1 Å². The molecule has 0 saturated heterocycles. The summed E-state index contributed by atoms with van der Waals surface area (Å²) in [6.45, 7) is 8.41. The number of aromatic nitrogens is 12. The molecule has 0 N–H and O–H groups in total. The topological polar surface area (TPSA) is 163 Å². The Morgan fingerprint density at radius 1 is 0.330 bits per heavy atom. The maximum absolute atomic E-state index is 6.27. The van der Waals surface area contributed by atoms with Gasteiger partial charge in [0.15, 0.2) is 35.6 Å². The molecule has 482 valence electrons. The lowest BCUT2D eigenvalue weighted by Gasteiger charge is -2.04. The average Bonchev–Trinajstić information content (AvgIpc) is 1.60. The Morgan fingerprint density at radius 3 is 1.16 bits per heavy atom. The Hall–Kier alpha value is -13.0. The number of fused-ring (bicyclic) bond motifs is 20. The Bertz CT molecular complexity index is 6200. The second-order valence-corrected chi connectivity index (χ2v) is 25.5. The fourth-order valence-electron chi connectivity index (χ4n) is 14.4. The molecule has 0 bridgehead atoms. The van der Waals surface area contributed by atoms with Crippen LogP contribution in [0.5, 0.6) is 0 Å². The van der Waals surface area contributed by atoms with Crippen LogP contribution in [0.1, 0.15) is 22.3 Å². The maximum atomic E-state index is 6.27. The summed E-state index contributed by atoms with van der Waals surface area (Å²) in [7, 11) is 10.1. The Morgan fingerprint density at radius 2 is 0.740 bits per heavy atom. The van der Waals surface area contributed by atoms with Crippen molar-refractivity contribution in [3.8, 4) is 45.3 Å². The summed E-state index contributed by atoms with van der Waals surface area (Å²) < 4.78 is 35.1. The summed E-state index contributed by atoms with van der Waals surface area (Å²) in [5, 5.41) is 22.2. The molecule has 0 amide bonds. The van der Waals surface area contributed by atoms with Gasteiger partial charge in [-0.25, -0.2) is 33.6 Å². The molecule has 0 spiro atoms. The minimum absolute atomic E-state index is 0.666. The van der Waals surface area contributed by atoms with Gasteiger partial charge in [0, 0.05) is 80.0 Å². The number of imidazole rings is 1. The SMILES string of the molecule is Cc1ccc2c(oc3ncc4ccccc4c32)c1-c1cccn[n+]1C.Cc1ccc2c(oc3ncc4ccccc4c32)c1-c1cncc[n+]1C.Cc1ccc2c(oc3ncc4ccccc4c32)c1-c1n(C)cc[n+]1C.Cc1ccc2c(oc3ncc4ccccc4c32)c1-c1nccc[n+]1C. The molecule has 20 rings (SSSR count). The van der Waals surface area contributed by atoms with E-state index >= 15 is 0 Å². The van der Waals surface area contributed by atoms with E-state index < -0.39 is 0 Å². The smallest absolute Gasteiger partial charge is 0.334 e. The normalized spacial score (nSPS) is 11.7. The molecule has 0 atom stereocenters. The quantitative estimate of drug-likeness (QED) is 0.154. The van der Waals surface area contributed by atoms with Crippen molar-refractivity contribution >= 4 is 131 Å². The van der Waals surface area contributed by atoms with Crippen LogP contribution in [0.2, 0.25) is 0 Å². The highest BCUT2D eigenvalue weighted by molar-refractivity contribution is 6.23. The number of aryl methyl sites for hydroxylation is 9. The molecule has 16 nitrogen and oxygen atoms in total. The van der Waals surface area contributed by atoms with Gasteiger partial charge < -0.3 is 17.7 Å². The van der Waals surface area contributed by atoms with Crippen LogP contribution in [0, 0.1) is 27.7 Å². The van der Waals surface area contributed by atoms with Gasteiger partial charge in [-0.2, -0.15) is 4.57 Å². The lowest BCUT2D eigenvalue weighted by Crippen LogP contribution is -2.35. The van der Waals surface area contributed by atoms with Gasteiger partial charge >= 0.3 is 5.82 Å². The number of benzene rings is 8. The summed E-state index contributed by atoms with van der Waals surface area (Å²) >= 11 is 0. The number of rotatable bonds is 4.